The van der Waals surface area contributed by atoms with Gasteiger partial charge in [-0.05, 0) is 36.1 Å². The first-order valence-electron chi connectivity index (χ1n) is 6.64. The molecular weight excluding hydrogens is 334 g/mol. The first kappa shape index (κ1) is 15.9. The molecule has 6 nitrogen and oxygen atoms in total. The minimum atomic E-state index is -0.331. The Balaban J connectivity index is 2.34. The number of rotatable bonds is 6. The molecule has 0 saturated carbocycles. The van der Waals surface area contributed by atoms with Crippen molar-refractivity contribution in [2.24, 2.45) is 5.73 Å². The normalized spacial score (nSPS) is 12.7. The van der Waals surface area contributed by atoms with E-state index in [1.165, 1.54) is 0 Å². The minimum absolute atomic E-state index is 0.331. The molecule has 21 heavy (non-hydrogen) atoms. The van der Waals surface area contributed by atoms with Crippen LogP contribution in [0.25, 0.3) is 0 Å². The maximum absolute atomic E-state index is 6.43. The molecule has 2 aromatic heterocycles. The summed E-state index contributed by atoms with van der Waals surface area (Å²) in [5.74, 6) is 0.678. The van der Waals surface area contributed by atoms with Gasteiger partial charge in [0.1, 0.15) is 5.75 Å². The van der Waals surface area contributed by atoms with Crippen LogP contribution >= 0.6 is 15.9 Å². The van der Waals surface area contributed by atoms with E-state index >= 15 is 0 Å². The Labute approximate surface area is 133 Å². The van der Waals surface area contributed by atoms with Crippen molar-refractivity contribution in [2.45, 2.75) is 12.6 Å². The summed E-state index contributed by atoms with van der Waals surface area (Å²) < 4.78 is 8.17. The SMILES string of the molecule is COc1cnccc1C(N)c1c(Br)cnn1CCN(C)C. The molecule has 0 amide bonds. The third-order valence-corrected chi connectivity index (χ3v) is 3.87. The summed E-state index contributed by atoms with van der Waals surface area (Å²) >= 11 is 3.54. The molecule has 2 aromatic rings. The van der Waals surface area contributed by atoms with Gasteiger partial charge in [0.05, 0.1) is 42.3 Å². The lowest BCUT2D eigenvalue weighted by Gasteiger charge is -2.18. The van der Waals surface area contributed by atoms with Gasteiger partial charge in [0.2, 0.25) is 0 Å². The van der Waals surface area contributed by atoms with Crippen molar-refractivity contribution in [3.05, 3.63) is 40.4 Å². The summed E-state index contributed by atoms with van der Waals surface area (Å²) in [5.41, 5.74) is 8.25. The predicted molar refractivity (Wildman–Crippen MR) is 85.3 cm³/mol. The second-order valence-corrected chi connectivity index (χ2v) is 5.85. The van der Waals surface area contributed by atoms with Crippen LogP contribution in [0.4, 0.5) is 0 Å². The van der Waals surface area contributed by atoms with Gasteiger partial charge in [-0.15, -0.1) is 0 Å². The van der Waals surface area contributed by atoms with E-state index in [1.807, 2.05) is 24.8 Å². The molecule has 0 radical (unpaired) electrons. The van der Waals surface area contributed by atoms with E-state index in [4.69, 9.17) is 10.5 Å². The number of aromatic nitrogens is 3. The van der Waals surface area contributed by atoms with E-state index in [1.54, 1.807) is 25.7 Å². The van der Waals surface area contributed by atoms with Crippen molar-refractivity contribution in [3.8, 4) is 5.75 Å². The van der Waals surface area contributed by atoms with Crippen LogP contribution in [-0.2, 0) is 6.54 Å². The summed E-state index contributed by atoms with van der Waals surface area (Å²) in [4.78, 5) is 6.17. The Hall–Kier alpha value is -1.44. The standard InChI is InChI=1S/C14H20BrN5O/c1-19(2)6-7-20-14(11(15)8-18-20)13(16)10-4-5-17-9-12(10)21-3/h4-5,8-9,13H,6-7,16H2,1-3H3. The second kappa shape index (κ2) is 7.02. The van der Waals surface area contributed by atoms with Crippen LogP contribution in [0.3, 0.4) is 0 Å². The third-order valence-electron chi connectivity index (χ3n) is 3.26. The van der Waals surface area contributed by atoms with E-state index in [-0.39, 0.29) is 6.04 Å². The maximum Gasteiger partial charge on any atom is 0.142 e. The smallest absolute Gasteiger partial charge is 0.142 e. The molecule has 0 saturated heterocycles. The molecule has 0 fully saturated rings. The van der Waals surface area contributed by atoms with Crippen LogP contribution in [0.15, 0.2) is 29.1 Å². The largest absolute Gasteiger partial charge is 0.495 e. The molecule has 7 heteroatoms. The molecule has 1 unspecified atom stereocenters. The highest BCUT2D eigenvalue weighted by molar-refractivity contribution is 9.10. The van der Waals surface area contributed by atoms with Crippen molar-refractivity contribution in [3.63, 3.8) is 0 Å². The molecule has 2 rings (SSSR count). The number of hydrogen-bond acceptors (Lipinski definition) is 5. The fourth-order valence-electron chi connectivity index (χ4n) is 2.12. The average molecular weight is 354 g/mol. The van der Waals surface area contributed by atoms with Gasteiger partial charge in [0.25, 0.3) is 0 Å². The Bertz CT molecular complexity index is 599. The van der Waals surface area contributed by atoms with Crippen LogP contribution in [0.5, 0.6) is 5.75 Å². The zero-order valence-electron chi connectivity index (χ0n) is 12.5. The molecule has 0 aliphatic heterocycles. The summed E-state index contributed by atoms with van der Waals surface area (Å²) in [7, 11) is 5.68. The topological polar surface area (TPSA) is 69.2 Å². The zero-order chi connectivity index (χ0) is 15.4. The number of methoxy groups -OCH3 is 1. The van der Waals surface area contributed by atoms with Gasteiger partial charge in [-0.3, -0.25) is 9.67 Å². The van der Waals surface area contributed by atoms with E-state index in [0.29, 0.717) is 5.75 Å². The van der Waals surface area contributed by atoms with E-state index in [2.05, 4.69) is 30.9 Å². The monoisotopic (exact) mass is 353 g/mol. The van der Waals surface area contributed by atoms with Gasteiger partial charge in [0, 0.05) is 18.3 Å². The highest BCUT2D eigenvalue weighted by Gasteiger charge is 2.21. The van der Waals surface area contributed by atoms with Gasteiger partial charge < -0.3 is 15.4 Å². The van der Waals surface area contributed by atoms with Gasteiger partial charge in [0.15, 0.2) is 0 Å². The lowest BCUT2D eigenvalue weighted by molar-refractivity contribution is 0.366. The minimum Gasteiger partial charge on any atom is -0.495 e. The van der Waals surface area contributed by atoms with Gasteiger partial charge >= 0.3 is 0 Å². The summed E-state index contributed by atoms with van der Waals surface area (Å²) in [6.45, 7) is 1.66. The number of nitrogens with two attached hydrogens (primary N) is 1. The first-order chi connectivity index (χ1) is 10.0. The number of ether oxygens (including phenoxy) is 1. The molecule has 0 aromatic carbocycles. The zero-order valence-corrected chi connectivity index (χ0v) is 14.0. The lowest BCUT2D eigenvalue weighted by Crippen LogP contribution is -2.24. The molecule has 114 valence electrons. The van der Waals surface area contributed by atoms with Gasteiger partial charge in [-0.25, -0.2) is 0 Å². The quantitative estimate of drug-likeness (QED) is 0.855. The summed E-state index contributed by atoms with van der Waals surface area (Å²) in [6, 6.07) is 1.54. The fraction of sp³-hybridized carbons (Fsp3) is 0.429. The molecule has 1 atom stereocenters. The molecule has 2 N–H and O–H groups in total. The highest BCUT2D eigenvalue weighted by atomic mass is 79.9. The molecule has 0 aliphatic rings. The molecule has 0 spiro atoms. The fourth-order valence-corrected chi connectivity index (χ4v) is 2.66. The Kier molecular flexibility index (Phi) is 5.33. The first-order valence-corrected chi connectivity index (χ1v) is 7.43. The van der Waals surface area contributed by atoms with Crippen LogP contribution in [0.2, 0.25) is 0 Å². The number of hydrogen-bond donors (Lipinski definition) is 1. The molecule has 0 aliphatic carbocycles. The number of nitrogens with zero attached hydrogens (tertiary/aromatic N) is 4. The predicted octanol–water partition coefficient (Wildman–Crippen LogP) is 1.66. The third kappa shape index (κ3) is 3.61. The van der Waals surface area contributed by atoms with Crippen LogP contribution in [-0.4, -0.2) is 47.4 Å². The number of halogens is 1. The molecular formula is C14H20BrN5O. The van der Waals surface area contributed by atoms with Crippen molar-refractivity contribution >= 4 is 15.9 Å². The van der Waals surface area contributed by atoms with E-state index in [9.17, 15) is 0 Å². The second-order valence-electron chi connectivity index (χ2n) is 5.00. The van der Waals surface area contributed by atoms with E-state index < -0.39 is 0 Å². The van der Waals surface area contributed by atoms with Crippen molar-refractivity contribution in [2.75, 3.05) is 27.7 Å². The Morgan fingerprint density at radius 1 is 1.43 bits per heavy atom. The highest BCUT2D eigenvalue weighted by Crippen LogP contribution is 2.31. The maximum atomic E-state index is 6.43. The Morgan fingerprint density at radius 3 is 2.86 bits per heavy atom. The summed E-state index contributed by atoms with van der Waals surface area (Å²) in [5, 5.41) is 4.40. The van der Waals surface area contributed by atoms with Gasteiger partial charge in [-0.2, -0.15) is 5.10 Å². The van der Waals surface area contributed by atoms with Crippen LogP contribution in [0.1, 0.15) is 17.3 Å². The molecule has 2 heterocycles. The van der Waals surface area contributed by atoms with Crippen LogP contribution in [0, 0.1) is 0 Å². The average Bonchev–Trinajstić information content (AvgIpc) is 2.85. The number of pyridine rings is 1. The van der Waals surface area contributed by atoms with Crippen molar-refractivity contribution < 1.29 is 4.74 Å². The van der Waals surface area contributed by atoms with E-state index in [0.717, 1.165) is 28.8 Å². The van der Waals surface area contributed by atoms with Gasteiger partial charge in [-0.1, -0.05) is 0 Å². The Morgan fingerprint density at radius 2 is 2.19 bits per heavy atom. The summed E-state index contributed by atoms with van der Waals surface area (Å²) in [6.07, 6.45) is 5.16. The van der Waals surface area contributed by atoms with Crippen molar-refractivity contribution in [1.29, 1.82) is 0 Å². The molecule has 0 bridgehead atoms. The van der Waals surface area contributed by atoms with Crippen LogP contribution < -0.4 is 10.5 Å². The van der Waals surface area contributed by atoms with Crippen molar-refractivity contribution in [1.82, 2.24) is 19.7 Å². The number of likely N-dealkylation sites (N-methyl/N-ethyl adjacent to an activating group) is 1. The lowest BCUT2D eigenvalue weighted by atomic mass is 10.1.